The Morgan fingerprint density at radius 1 is 0.471 bits per heavy atom. The van der Waals surface area contributed by atoms with Crippen molar-refractivity contribution in [3.63, 3.8) is 0 Å². The molecule has 0 spiro atoms. The fraction of sp³-hybridized carbons (Fsp3) is 0.0714. The molecule has 0 amide bonds. The smallest absolute Gasteiger partial charge is 0.121 e. The highest BCUT2D eigenvalue weighted by molar-refractivity contribution is 6.53. The van der Waals surface area contributed by atoms with Crippen LogP contribution in [0.1, 0.15) is 36.4 Å². The SMILES string of the molecule is CC(=NN=C(C(=NN=C(C)c1ccccn1)c1ccccc1)c1ccccc1)c1ccccn1. The first-order valence-electron chi connectivity index (χ1n) is 10.9. The van der Waals surface area contributed by atoms with Crippen LogP contribution in [0, 0.1) is 0 Å². The minimum absolute atomic E-state index is 0.611. The van der Waals surface area contributed by atoms with E-state index in [0.717, 1.165) is 22.5 Å². The molecule has 0 saturated heterocycles. The van der Waals surface area contributed by atoms with E-state index < -0.39 is 0 Å². The highest BCUT2D eigenvalue weighted by atomic mass is 15.2. The van der Waals surface area contributed by atoms with E-state index in [0.29, 0.717) is 22.8 Å². The van der Waals surface area contributed by atoms with Gasteiger partial charge in [0.1, 0.15) is 11.4 Å². The van der Waals surface area contributed by atoms with Crippen molar-refractivity contribution in [3.05, 3.63) is 132 Å². The van der Waals surface area contributed by atoms with Gasteiger partial charge in [0.2, 0.25) is 0 Å². The van der Waals surface area contributed by atoms with Crippen molar-refractivity contribution in [3.8, 4) is 0 Å². The summed E-state index contributed by atoms with van der Waals surface area (Å²) in [7, 11) is 0. The Kier molecular flexibility index (Phi) is 7.54. The number of rotatable bonds is 7. The molecule has 2 heterocycles. The lowest BCUT2D eigenvalue weighted by Gasteiger charge is -2.09. The standard InChI is InChI=1S/C28H24N6/c1-21(25-17-9-11-19-29-25)31-33-27(23-13-5-3-6-14-23)28(24-15-7-4-8-16-24)34-32-22(2)26-18-10-12-20-30-26/h3-20H,1-2H3. The summed E-state index contributed by atoms with van der Waals surface area (Å²) in [6.45, 7) is 3.77. The van der Waals surface area contributed by atoms with Gasteiger partial charge in [-0.1, -0.05) is 72.8 Å². The van der Waals surface area contributed by atoms with Gasteiger partial charge in [0.05, 0.1) is 22.8 Å². The van der Waals surface area contributed by atoms with Crippen LogP contribution in [0.15, 0.2) is 130 Å². The Morgan fingerprint density at radius 2 is 0.853 bits per heavy atom. The molecule has 0 aliphatic carbocycles. The Morgan fingerprint density at radius 3 is 1.21 bits per heavy atom. The van der Waals surface area contributed by atoms with Gasteiger partial charge in [-0.15, -0.1) is 10.2 Å². The molecule has 0 saturated carbocycles. The lowest BCUT2D eigenvalue weighted by Crippen LogP contribution is -2.17. The predicted octanol–water partition coefficient (Wildman–Crippen LogP) is 5.60. The number of hydrogen-bond acceptors (Lipinski definition) is 6. The average Bonchev–Trinajstić information content (AvgIpc) is 2.92. The third kappa shape index (κ3) is 5.81. The zero-order valence-electron chi connectivity index (χ0n) is 19.1. The van der Waals surface area contributed by atoms with Gasteiger partial charge in [-0.2, -0.15) is 10.2 Å². The van der Waals surface area contributed by atoms with Crippen molar-refractivity contribution in [2.75, 3.05) is 0 Å². The second-order valence-corrected chi connectivity index (χ2v) is 7.43. The molecule has 0 aliphatic heterocycles. The van der Waals surface area contributed by atoms with E-state index in [1.807, 2.05) is 111 Å². The van der Waals surface area contributed by atoms with Crippen LogP contribution in [0.4, 0.5) is 0 Å². The number of pyridine rings is 2. The number of hydrogen-bond donors (Lipinski definition) is 0. The van der Waals surface area contributed by atoms with Crippen LogP contribution >= 0.6 is 0 Å². The zero-order chi connectivity index (χ0) is 23.6. The first-order chi connectivity index (χ1) is 16.7. The summed E-state index contributed by atoms with van der Waals surface area (Å²) in [4.78, 5) is 8.73. The molecule has 0 aliphatic rings. The zero-order valence-corrected chi connectivity index (χ0v) is 19.1. The van der Waals surface area contributed by atoms with E-state index in [2.05, 4.69) is 30.4 Å². The number of benzene rings is 2. The maximum absolute atomic E-state index is 4.65. The van der Waals surface area contributed by atoms with Gasteiger partial charge in [0.25, 0.3) is 0 Å². The van der Waals surface area contributed by atoms with Gasteiger partial charge < -0.3 is 0 Å². The first kappa shape index (κ1) is 22.6. The average molecular weight is 445 g/mol. The van der Waals surface area contributed by atoms with Crippen molar-refractivity contribution in [2.45, 2.75) is 13.8 Å². The fourth-order valence-electron chi connectivity index (χ4n) is 3.18. The molecule has 166 valence electrons. The Hall–Kier alpha value is -4.58. The summed E-state index contributed by atoms with van der Waals surface area (Å²) in [6.07, 6.45) is 3.48. The molecule has 0 unspecified atom stereocenters. The molecule has 2 aromatic heterocycles. The van der Waals surface area contributed by atoms with Gasteiger partial charge in [-0.3, -0.25) is 9.97 Å². The van der Waals surface area contributed by atoms with E-state index in [1.165, 1.54) is 0 Å². The normalized spacial score (nSPS) is 13.1. The van der Waals surface area contributed by atoms with Gasteiger partial charge in [-0.25, -0.2) is 0 Å². The Bertz CT molecular complexity index is 1220. The Balaban J connectivity index is 1.85. The largest absolute Gasteiger partial charge is 0.255 e. The van der Waals surface area contributed by atoms with Gasteiger partial charge in [0, 0.05) is 23.5 Å². The van der Waals surface area contributed by atoms with E-state index in [9.17, 15) is 0 Å². The van der Waals surface area contributed by atoms with E-state index >= 15 is 0 Å². The minimum atomic E-state index is 0.611. The van der Waals surface area contributed by atoms with Crippen LogP contribution in [-0.2, 0) is 0 Å². The van der Waals surface area contributed by atoms with Crippen LogP contribution in [0.2, 0.25) is 0 Å². The summed E-state index contributed by atoms with van der Waals surface area (Å²) in [5.41, 5.74) is 5.92. The molecule has 6 heteroatoms. The van der Waals surface area contributed by atoms with Crippen molar-refractivity contribution in [2.24, 2.45) is 20.4 Å². The molecule has 0 fully saturated rings. The first-order valence-corrected chi connectivity index (χ1v) is 10.9. The molecule has 34 heavy (non-hydrogen) atoms. The van der Waals surface area contributed by atoms with Crippen LogP contribution in [-0.4, -0.2) is 32.8 Å². The van der Waals surface area contributed by atoms with Crippen molar-refractivity contribution >= 4 is 22.8 Å². The fourth-order valence-corrected chi connectivity index (χ4v) is 3.18. The summed E-state index contributed by atoms with van der Waals surface area (Å²) in [6, 6.07) is 31.1. The predicted molar refractivity (Wildman–Crippen MR) is 139 cm³/mol. The summed E-state index contributed by atoms with van der Waals surface area (Å²) in [5, 5.41) is 18.3. The molecule has 0 radical (unpaired) electrons. The molecule has 6 nitrogen and oxygen atoms in total. The molecular weight excluding hydrogens is 420 g/mol. The molecule has 0 atom stereocenters. The van der Waals surface area contributed by atoms with E-state index in [4.69, 9.17) is 0 Å². The summed E-state index contributed by atoms with van der Waals surface area (Å²) in [5.74, 6) is 0. The highest BCUT2D eigenvalue weighted by Gasteiger charge is 2.15. The lowest BCUT2D eigenvalue weighted by atomic mass is 10.00. The minimum Gasteiger partial charge on any atom is -0.255 e. The maximum atomic E-state index is 4.65. The van der Waals surface area contributed by atoms with E-state index in [-0.39, 0.29) is 0 Å². The van der Waals surface area contributed by atoms with Crippen LogP contribution < -0.4 is 0 Å². The second-order valence-electron chi connectivity index (χ2n) is 7.43. The molecule has 4 aromatic rings. The quantitative estimate of drug-likeness (QED) is 0.275. The van der Waals surface area contributed by atoms with Crippen LogP contribution in [0.25, 0.3) is 0 Å². The summed E-state index contributed by atoms with van der Waals surface area (Å²) >= 11 is 0. The molecule has 0 N–H and O–H groups in total. The van der Waals surface area contributed by atoms with Gasteiger partial charge in [0.15, 0.2) is 0 Å². The maximum Gasteiger partial charge on any atom is 0.121 e. The topological polar surface area (TPSA) is 75.2 Å². The van der Waals surface area contributed by atoms with Crippen molar-refractivity contribution in [1.82, 2.24) is 9.97 Å². The monoisotopic (exact) mass is 444 g/mol. The molecule has 0 bridgehead atoms. The molecule has 4 rings (SSSR count). The van der Waals surface area contributed by atoms with Crippen LogP contribution in [0.5, 0.6) is 0 Å². The van der Waals surface area contributed by atoms with Gasteiger partial charge in [-0.05, 0) is 38.1 Å². The third-order valence-electron chi connectivity index (χ3n) is 4.99. The van der Waals surface area contributed by atoms with E-state index in [1.54, 1.807) is 12.4 Å². The van der Waals surface area contributed by atoms with Crippen LogP contribution in [0.3, 0.4) is 0 Å². The Labute approximate surface area is 199 Å². The van der Waals surface area contributed by atoms with Crippen molar-refractivity contribution < 1.29 is 0 Å². The number of aromatic nitrogens is 2. The highest BCUT2D eigenvalue weighted by Crippen LogP contribution is 2.12. The molecular formula is C28H24N6. The second kappa shape index (κ2) is 11.3. The van der Waals surface area contributed by atoms with Gasteiger partial charge >= 0.3 is 0 Å². The third-order valence-corrected chi connectivity index (χ3v) is 4.99. The van der Waals surface area contributed by atoms with Crippen molar-refractivity contribution in [1.29, 1.82) is 0 Å². The number of nitrogens with zero attached hydrogens (tertiary/aromatic N) is 6. The lowest BCUT2D eigenvalue weighted by molar-refractivity contribution is 1.18. The summed E-state index contributed by atoms with van der Waals surface area (Å²) < 4.78 is 0. The molecule has 2 aromatic carbocycles.